The van der Waals surface area contributed by atoms with Crippen molar-refractivity contribution in [1.29, 1.82) is 0 Å². The van der Waals surface area contributed by atoms with Crippen LogP contribution in [-0.2, 0) is 14.0 Å². The first-order valence-corrected chi connectivity index (χ1v) is 13.4. The molecule has 0 bridgehead atoms. The van der Waals surface area contributed by atoms with Crippen LogP contribution in [0, 0.1) is 0 Å². The SMILES string of the molecule is C=C(C(=O)OC)[C@H](c1ccccc1)[C@@H](O[Si](C)(C)C(C)(C)C)c1ccccc1Br. The van der Waals surface area contributed by atoms with Gasteiger partial charge in [0, 0.05) is 16.0 Å². The zero-order valence-corrected chi connectivity index (χ0v) is 20.7. The van der Waals surface area contributed by atoms with E-state index in [1.54, 1.807) is 0 Å². The normalized spacial score (nSPS) is 14.2. The fourth-order valence-corrected chi connectivity index (χ4v) is 4.75. The molecule has 0 saturated heterocycles. The Morgan fingerprint density at radius 2 is 1.59 bits per heavy atom. The first-order valence-electron chi connectivity index (χ1n) is 9.74. The van der Waals surface area contributed by atoms with E-state index in [1.807, 2.05) is 54.6 Å². The van der Waals surface area contributed by atoms with Crippen LogP contribution in [0.25, 0.3) is 0 Å². The highest BCUT2D eigenvalue weighted by atomic mass is 79.9. The van der Waals surface area contributed by atoms with Crippen molar-refractivity contribution in [1.82, 2.24) is 0 Å². The van der Waals surface area contributed by atoms with Gasteiger partial charge in [-0.3, -0.25) is 0 Å². The van der Waals surface area contributed by atoms with Crippen LogP contribution >= 0.6 is 15.9 Å². The van der Waals surface area contributed by atoms with Gasteiger partial charge in [0.05, 0.1) is 13.2 Å². The van der Waals surface area contributed by atoms with Gasteiger partial charge in [0.25, 0.3) is 0 Å². The number of hydrogen-bond donors (Lipinski definition) is 0. The number of ether oxygens (including phenoxy) is 1. The largest absolute Gasteiger partial charge is 0.466 e. The second-order valence-electron chi connectivity index (χ2n) is 8.73. The van der Waals surface area contributed by atoms with Crippen LogP contribution in [0.5, 0.6) is 0 Å². The zero-order chi connectivity index (χ0) is 21.8. The minimum absolute atomic E-state index is 0.0142. The van der Waals surface area contributed by atoms with Crippen molar-refractivity contribution in [3.05, 3.63) is 82.3 Å². The molecule has 2 aromatic rings. The van der Waals surface area contributed by atoms with E-state index >= 15 is 0 Å². The smallest absolute Gasteiger partial charge is 0.333 e. The maximum absolute atomic E-state index is 12.5. The number of esters is 1. The third-order valence-corrected chi connectivity index (χ3v) is 10.9. The highest BCUT2D eigenvalue weighted by Gasteiger charge is 2.43. The maximum atomic E-state index is 12.5. The number of hydrogen-bond acceptors (Lipinski definition) is 3. The second kappa shape index (κ2) is 9.41. The number of carbonyl (C=O) groups excluding carboxylic acids is 1. The van der Waals surface area contributed by atoms with Gasteiger partial charge in [0.2, 0.25) is 0 Å². The van der Waals surface area contributed by atoms with Gasteiger partial charge in [0.1, 0.15) is 0 Å². The number of halogens is 1. The summed E-state index contributed by atoms with van der Waals surface area (Å²) >= 11 is 3.69. The molecule has 2 aromatic carbocycles. The molecule has 0 heterocycles. The molecule has 0 spiro atoms. The van der Waals surface area contributed by atoms with Crippen LogP contribution in [0.3, 0.4) is 0 Å². The van der Waals surface area contributed by atoms with Gasteiger partial charge < -0.3 is 9.16 Å². The van der Waals surface area contributed by atoms with Crippen LogP contribution in [0.15, 0.2) is 71.2 Å². The fraction of sp³-hybridized carbons (Fsp3) is 0.375. The van der Waals surface area contributed by atoms with Crippen molar-refractivity contribution in [2.75, 3.05) is 7.11 Å². The van der Waals surface area contributed by atoms with Crippen LogP contribution in [0.4, 0.5) is 0 Å². The molecule has 2 rings (SSSR count). The second-order valence-corrected chi connectivity index (χ2v) is 14.3. The van der Waals surface area contributed by atoms with Gasteiger partial charge in [-0.15, -0.1) is 0 Å². The molecule has 156 valence electrons. The van der Waals surface area contributed by atoms with Gasteiger partial charge in [-0.1, -0.05) is 91.8 Å². The molecule has 0 N–H and O–H groups in total. The molecule has 3 nitrogen and oxygen atoms in total. The highest BCUT2D eigenvalue weighted by molar-refractivity contribution is 9.10. The van der Waals surface area contributed by atoms with Gasteiger partial charge in [-0.2, -0.15) is 0 Å². The summed E-state index contributed by atoms with van der Waals surface area (Å²) in [4.78, 5) is 12.5. The van der Waals surface area contributed by atoms with Crippen molar-refractivity contribution < 1.29 is 14.0 Å². The van der Waals surface area contributed by atoms with Crippen LogP contribution in [-0.4, -0.2) is 21.4 Å². The summed E-state index contributed by atoms with van der Waals surface area (Å²) in [7, 11) is -0.788. The van der Waals surface area contributed by atoms with Crippen LogP contribution in [0.2, 0.25) is 18.1 Å². The number of methoxy groups -OCH3 is 1. The van der Waals surface area contributed by atoms with E-state index in [0.717, 1.165) is 15.6 Å². The topological polar surface area (TPSA) is 35.5 Å². The molecule has 0 aliphatic heterocycles. The average Bonchev–Trinajstić information content (AvgIpc) is 2.67. The van der Waals surface area contributed by atoms with E-state index in [9.17, 15) is 4.79 Å². The molecular formula is C24H31BrO3Si. The van der Waals surface area contributed by atoms with Gasteiger partial charge >= 0.3 is 5.97 Å². The predicted octanol–water partition coefficient (Wildman–Crippen LogP) is 7.03. The Kier molecular flexibility index (Phi) is 7.66. The number of rotatable bonds is 7. The molecule has 0 unspecified atom stereocenters. The Labute approximate surface area is 184 Å². The standard InChI is InChI=1S/C24H31BrO3Si/c1-17(23(26)27-5)21(18-13-9-8-10-14-18)22(19-15-11-12-16-20(19)25)28-29(6,7)24(2,3)4/h8-16,21-22H,1H2,2-7H3/t21-,22+/m1/s1. The summed E-state index contributed by atoms with van der Waals surface area (Å²) < 4.78 is 12.9. The molecule has 0 radical (unpaired) electrons. The van der Waals surface area contributed by atoms with Crippen molar-refractivity contribution >= 4 is 30.2 Å². The van der Waals surface area contributed by atoms with Crippen molar-refractivity contribution in [3.63, 3.8) is 0 Å². The lowest BCUT2D eigenvalue weighted by Gasteiger charge is -2.42. The summed E-state index contributed by atoms with van der Waals surface area (Å²) in [5.74, 6) is -0.786. The molecule has 0 aromatic heterocycles. The highest BCUT2D eigenvalue weighted by Crippen LogP contribution is 2.47. The number of carbonyl (C=O) groups is 1. The molecule has 5 heteroatoms. The maximum Gasteiger partial charge on any atom is 0.333 e. The molecular weight excluding hydrogens is 444 g/mol. The molecule has 0 fully saturated rings. The predicted molar refractivity (Wildman–Crippen MR) is 126 cm³/mol. The van der Waals surface area contributed by atoms with E-state index in [1.165, 1.54) is 7.11 Å². The number of benzene rings is 2. The summed E-state index contributed by atoms with van der Waals surface area (Å²) in [6.07, 6.45) is -0.375. The Hall–Kier alpha value is -1.69. The van der Waals surface area contributed by atoms with Crippen molar-refractivity contribution in [2.24, 2.45) is 0 Å². The quantitative estimate of drug-likeness (QED) is 0.245. The molecule has 0 aliphatic rings. The Morgan fingerprint density at radius 1 is 1.03 bits per heavy atom. The molecule has 2 atom stereocenters. The Morgan fingerprint density at radius 3 is 2.10 bits per heavy atom. The summed E-state index contributed by atoms with van der Waals surface area (Å²) in [6, 6.07) is 17.9. The fourth-order valence-electron chi connectivity index (χ4n) is 2.99. The third kappa shape index (κ3) is 5.47. The zero-order valence-electron chi connectivity index (χ0n) is 18.2. The third-order valence-electron chi connectivity index (χ3n) is 5.72. The minimum Gasteiger partial charge on any atom is -0.466 e. The minimum atomic E-state index is -2.17. The molecule has 0 aliphatic carbocycles. The summed E-state index contributed by atoms with van der Waals surface area (Å²) in [5.41, 5.74) is 2.36. The van der Waals surface area contributed by atoms with Crippen molar-refractivity contribution in [2.45, 2.75) is 50.9 Å². The Balaban J connectivity index is 2.69. The molecule has 29 heavy (non-hydrogen) atoms. The lowest BCUT2D eigenvalue weighted by atomic mass is 9.84. The summed E-state index contributed by atoms with van der Waals surface area (Å²) in [6.45, 7) is 15.2. The van der Waals surface area contributed by atoms with Crippen LogP contribution in [0.1, 0.15) is 43.9 Å². The van der Waals surface area contributed by atoms with Gasteiger partial charge in [0.15, 0.2) is 8.32 Å². The average molecular weight is 475 g/mol. The van der Waals surface area contributed by atoms with Crippen molar-refractivity contribution in [3.8, 4) is 0 Å². The summed E-state index contributed by atoms with van der Waals surface area (Å²) in [5, 5.41) is 0.0142. The van der Waals surface area contributed by atoms with Gasteiger partial charge in [-0.05, 0) is 35.3 Å². The lowest BCUT2D eigenvalue weighted by Crippen LogP contribution is -2.43. The van der Waals surface area contributed by atoms with Crippen LogP contribution < -0.4 is 0 Å². The monoisotopic (exact) mass is 474 g/mol. The van der Waals surface area contributed by atoms with E-state index in [4.69, 9.17) is 9.16 Å². The first-order chi connectivity index (χ1) is 13.5. The lowest BCUT2D eigenvalue weighted by molar-refractivity contribution is -0.136. The molecule has 0 amide bonds. The van der Waals surface area contributed by atoms with E-state index < -0.39 is 14.3 Å². The first kappa shape index (κ1) is 23.6. The Bertz CT molecular complexity index is 856. The van der Waals surface area contributed by atoms with E-state index in [2.05, 4.69) is 56.4 Å². The van der Waals surface area contributed by atoms with Gasteiger partial charge in [-0.25, -0.2) is 4.79 Å². The molecule has 0 saturated carbocycles. The van der Waals surface area contributed by atoms with E-state index in [0.29, 0.717) is 5.57 Å². The van der Waals surface area contributed by atoms with E-state index in [-0.39, 0.29) is 17.1 Å².